The van der Waals surface area contributed by atoms with Gasteiger partial charge in [0, 0.05) is 12.5 Å². The molecule has 3 heteroatoms. The maximum Gasteiger partial charge on any atom is 0.303 e. The summed E-state index contributed by atoms with van der Waals surface area (Å²) in [6, 6.07) is 0.704. The quantitative estimate of drug-likeness (QED) is 0.698. The Kier molecular flexibility index (Phi) is 7.33. The normalized spacial score (nSPS) is 25.9. The van der Waals surface area contributed by atoms with Gasteiger partial charge >= 0.3 is 5.97 Å². The molecule has 1 aliphatic rings. The van der Waals surface area contributed by atoms with Crippen molar-refractivity contribution < 1.29 is 9.90 Å². The van der Waals surface area contributed by atoms with Gasteiger partial charge in [0.2, 0.25) is 0 Å². The largest absolute Gasteiger partial charge is 0.481 e. The highest BCUT2D eigenvalue weighted by Crippen LogP contribution is 2.26. The molecule has 1 fully saturated rings. The van der Waals surface area contributed by atoms with Gasteiger partial charge in [-0.3, -0.25) is 4.79 Å². The van der Waals surface area contributed by atoms with Crippen LogP contribution in [0.4, 0.5) is 0 Å². The van der Waals surface area contributed by atoms with Crippen molar-refractivity contribution in [2.24, 2.45) is 11.8 Å². The predicted molar refractivity (Wildman–Crippen MR) is 74.7 cm³/mol. The number of rotatable bonds is 8. The minimum atomic E-state index is -0.673. The van der Waals surface area contributed by atoms with Gasteiger partial charge in [0.05, 0.1) is 0 Å². The van der Waals surface area contributed by atoms with Crippen molar-refractivity contribution in [1.29, 1.82) is 0 Å². The summed E-state index contributed by atoms with van der Waals surface area (Å²) in [6.45, 7) is 5.49. The Labute approximate surface area is 111 Å². The van der Waals surface area contributed by atoms with Gasteiger partial charge in [-0.1, -0.05) is 33.1 Å². The Hall–Kier alpha value is -0.570. The van der Waals surface area contributed by atoms with Gasteiger partial charge < -0.3 is 10.4 Å². The zero-order valence-electron chi connectivity index (χ0n) is 12.0. The van der Waals surface area contributed by atoms with Crippen LogP contribution in [-0.4, -0.2) is 23.7 Å². The Morgan fingerprint density at radius 1 is 1.33 bits per heavy atom. The predicted octanol–water partition coefficient (Wildman–Crippen LogP) is 3.44. The van der Waals surface area contributed by atoms with E-state index in [1.807, 2.05) is 0 Å². The van der Waals surface area contributed by atoms with Crippen LogP contribution in [-0.2, 0) is 4.79 Å². The average Bonchev–Trinajstić information content (AvgIpc) is 2.37. The molecule has 0 aromatic heterocycles. The molecule has 0 heterocycles. The van der Waals surface area contributed by atoms with E-state index in [0.29, 0.717) is 18.4 Å². The van der Waals surface area contributed by atoms with Crippen molar-refractivity contribution in [2.75, 3.05) is 6.54 Å². The number of carboxylic acid groups (broad SMARTS) is 1. The first-order valence-electron chi connectivity index (χ1n) is 7.58. The number of hydrogen-bond donors (Lipinski definition) is 2. The summed E-state index contributed by atoms with van der Waals surface area (Å²) in [6.07, 6.45) is 8.95. The van der Waals surface area contributed by atoms with Gasteiger partial charge in [0.1, 0.15) is 0 Å². The summed E-state index contributed by atoms with van der Waals surface area (Å²) in [5.74, 6) is 0.693. The second kappa shape index (κ2) is 8.52. The van der Waals surface area contributed by atoms with Gasteiger partial charge in [0.15, 0.2) is 0 Å². The molecule has 3 unspecified atom stereocenters. The van der Waals surface area contributed by atoms with Crippen LogP contribution in [0.25, 0.3) is 0 Å². The molecule has 2 N–H and O–H groups in total. The lowest BCUT2D eigenvalue weighted by atomic mass is 9.83. The van der Waals surface area contributed by atoms with Crippen molar-refractivity contribution in [3.63, 3.8) is 0 Å². The number of carbonyl (C=O) groups is 1. The lowest BCUT2D eigenvalue weighted by Gasteiger charge is -2.32. The first-order valence-corrected chi connectivity index (χ1v) is 7.58. The molecule has 0 radical (unpaired) electrons. The van der Waals surface area contributed by atoms with Crippen LogP contribution >= 0.6 is 0 Å². The topological polar surface area (TPSA) is 49.3 Å². The van der Waals surface area contributed by atoms with E-state index in [9.17, 15) is 4.79 Å². The molecular formula is C15H29NO2. The van der Waals surface area contributed by atoms with Crippen LogP contribution in [0, 0.1) is 11.8 Å². The van der Waals surface area contributed by atoms with E-state index in [0.717, 1.165) is 25.3 Å². The molecule has 0 spiro atoms. The molecular weight excluding hydrogens is 226 g/mol. The molecule has 0 saturated heterocycles. The monoisotopic (exact) mass is 255 g/mol. The van der Waals surface area contributed by atoms with E-state index in [1.54, 1.807) is 0 Å². The van der Waals surface area contributed by atoms with Crippen LogP contribution in [0.1, 0.15) is 65.2 Å². The molecule has 0 aromatic carbocycles. The summed E-state index contributed by atoms with van der Waals surface area (Å²) >= 11 is 0. The third-order valence-electron chi connectivity index (χ3n) is 4.33. The summed E-state index contributed by atoms with van der Waals surface area (Å²) in [5.41, 5.74) is 0. The Balaban J connectivity index is 2.13. The summed E-state index contributed by atoms with van der Waals surface area (Å²) in [5, 5.41) is 12.3. The second-order valence-electron chi connectivity index (χ2n) is 5.84. The fourth-order valence-corrected chi connectivity index (χ4v) is 2.99. The van der Waals surface area contributed by atoms with E-state index >= 15 is 0 Å². The minimum Gasteiger partial charge on any atom is -0.481 e. The Morgan fingerprint density at radius 2 is 2.06 bits per heavy atom. The van der Waals surface area contributed by atoms with E-state index in [1.165, 1.54) is 32.1 Å². The maximum atomic E-state index is 10.5. The third kappa shape index (κ3) is 5.85. The van der Waals surface area contributed by atoms with Crippen molar-refractivity contribution in [3.8, 4) is 0 Å². The van der Waals surface area contributed by atoms with Gasteiger partial charge in [-0.2, -0.15) is 0 Å². The van der Waals surface area contributed by atoms with E-state index < -0.39 is 5.97 Å². The smallest absolute Gasteiger partial charge is 0.303 e. The second-order valence-corrected chi connectivity index (χ2v) is 5.84. The third-order valence-corrected chi connectivity index (χ3v) is 4.33. The Morgan fingerprint density at radius 3 is 2.72 bits per heavy atom. The van der Waals surface area contributed by atoms with Crippen LogP contribution in [0.3, 0.4) is 0 Å². The summed E-state index contributed by atoms with van der Waals surface area (Å²) in [4.78, 5) is 10.5. The van der Waals surface area contributed by atoms with Crippen LogP contribution in [0.2, 0.25) is 0 Å². The fraction of sp³-hybridized carbons (Fsp3) is 0.933. The van der Waals surface area contributed by atoms with Gasteiger partial charge in [-0.25, -0.2) is 0 Å². The van der Waals surface area contributed by atoms with Crippen LogP contribution in [0.5, 0.6) is 0 Å². The van der Waals surface area contributed by atoms with Gasteiger partial charge in [-0.05, 0) is 44.1 Å². The molecule has 1 saturated carbocycles. The lowest BCUT2D eigenvalue weighted by molar-refractivity contribution is -0.137. The SMILES string of the molecule is CCC1CCCCC1NCCC(C)CCC(=O)O. The van der Waals surface area contributed by atoms with Gasteiger partial charge in [0.25, 0.3) is 0 Å². The van der Waals surface area contributed by atoms with Crippen molar-refractivity contribution in [1.82, 2.24) is 5.32 Å². The highest BCUT2D eigenvalue weighted by molar-refractivity contribution is 5.66. The zero-order valence-corrected chi connectivity index (χ0v) is 12.0. The van der Waals surface area contributed by atoms with E-state index in [2.05, 4.69) is 19.2 Å². The van der Waals surface area contributed by atoms with E-state index in [4.69, 9.17) is 5.11 Å². The average molecular weight is 255 g/mol. The molecule has 0 amide bonds. The first kappa shape index (κ1) is 15.5. The van der Waals surface area contributed by atoms with Gasteiger partial charge in [-0.15, -0.1) is 0 Å². The fourth-order valence-electron chi connectivity index (χ4n) is 2.99. The molecule has 0 aromatic rings. The van der Waals surface area contributed by atoms with Crippen molar-refractivity contribution >= 4 is 5.97 Å². The van der Waals surface area contributed by atoms with Crippen LogP contribution < -0.4 is 5.32 Å². The molecule has 3 nitrogen and oxygen atoms in total. The first-order chi connectivity index (χ1) is 8.63. The van der Waals surface area contributed by atoms with Crippen LogP contribution in [0.15, 0.2) is 0 Å². The van der Waals surface area contributed by atoms with E-state index in [-0.39, 0.29) is 0 Å². The standard InChI is InChI=1S/C15H29NO2/c1-3-13-6-4-5-7-14(13)16-11-10-12(2)8-9-15(17)18/h12-14,16H,3-11H2,1-2H3,(H,17,18). The molecule has 18 heavy (non-hydrogen) atoms. The number of aliphatic carboxylic acids is 1. The summed E-state index contributed by atoms with van der Waals surface area (Å²) < 4.78 is 0. The van der Waals surface area contributed by atoms with Crippen molar-refractivity contribution in [2.45, 2.75) is 71.3 Å². The molecule has 3 atom stereocenters. The highest BCUT2D eigenvalue weighted by atomic mass is 16.4. The Bertz CT molecular complexity index is 243. The zero-order chi connectivity index (χ0) is 13.4. The number of carboxylic acids is 1. The molecule has 1 aliphatic carbocycles. The van der Waals surface area contributed by atoms with Crippen molar-refractivity contribution in [3.05, 3.63) is 0 Å². The molecule has 0 bridgehead atoms. The number of nitrogens with one attached hydrogen (secondary N) is 1. The molecule has 1 rings (SSSR count). The highest BCUT2D eigenvalue weighted by Gasteiger charge is 2.22. The molecule has 106 valence electrons. The molecule has 0 aliphatic heterocycles. The maximum absolute atomic E-state index is 10.5. The minimum absolute atomic E-state index is 0.308. The summed E-state index contributed by atoms with van der Waals surface area (Å²) in [7, 11) is 0. The lowest BCUT2D eigenvalue weighted by Crippen LogP contribution is -2.39. The number of hydrogen-bond acceptors (Lipinski definition) is 2.